The molecule has 0 bridgehead atoms. The van der Waals surface area contributed by atoms with Crippen molar-refractivity contribution in [2.24, 2.45) is 11.1 Å². The van der Waals surface area contributed by atoms with E-state index < -0.39 is 11.4 Å². The van der Waals surface area contributed by atoms with Crippen LogP contribution >= 0.6 is 0 Å². The van der Waals surface area contributed by atoms with Gasteiger partial charge in [-0.15, -0.1) is 5.06 Å². The van der Waals surface area contributed by atoms with Gasteiger partial charge < -0.3 is 10.6 Å². The predicted octanol–water partition coefficient (Wildman–Crippen LogP) is 8.36. The zero-order valence-corrected chi connectivity index (χ0v) is 26.5. The molecule has 0 saturated carbocycles. The molecule has 1 rings (SSSR count). The molecule has 0 aliphatic heterocycles. The molecule has 1 aromatic carbocycles. The molecule has 0 heterocycles. The van der Waals surface area contributed by atoms with Crippen LogP contribution in [0.4, 0.5) is 0 Å². The van der Waals surface area contributed by atoms with Crippen molar-refractivity contribution >= 4 is 17.7 Å². The zero-order chi connectivity index (χ0) is 30.1. The summed E-state index contributed by atoms with van der Waals surface area (Å²) in [4.78, 5) is 40.3. The maximum atomic E-state index is 12.4. The van der Waals surface area contributed by atoms with Gasteiger partial charge in [-0.05, 0) is 31.7 Å². The lowest BCUT2D eigenvalue weighted by Crippen LogP contribution is -2.43. The van der Waals surface area contributed by atoms with Crippen molar-refractivity contribution in [3.05, 3.63) is 35.9 Å². The maximum Gasteiger partial charge on any atom is 0.338 e. The topological polar surface area (TPSA) is 89.7 Å². The summed E-state index contributed by atoms with van der Waals surface area (Å²) in [7, 11) is 3.27. The average molecular weight is 561 g/mol. The second-order valence-corrected chi connectivity index (χ2v) is 11.4. The van der Waals surface area contributed by atoms with Gasteiger partial charge in [-0.2, -0.15) is 0 Å². The summed E-state index contributed by atoms with van der Waals surface area (Å²) < 4.78 is 0. The summed E-state index contributed by atoms with van der Waals surface area (Å²) in [6.45, 7) is 5.71. The van der Waals surface area contributed by atoms with E-state index in [0.29, 0.717) is 19.3 Å². The fourth-order valence-corrected chi connectivity index (χ4v) is 5.00. The monoisotopic (exact) mass is 560 g/mol. The molecule has 1 unspecified atom stereocenters. The Labute approximate surface area is 245 Å². The number of unbranched alkanes of at least 4 members (excludes halogenated alkanes) is 14. The summed E-state index contributed by atoms with van der Waals surface area (Å²) >= 11 is 0. The predicted molar refractivity (Wildman–Crippen MR) is 167 cm³/mol. The minimum atomic E-state index is -1.10. The highest BCUT2D eigenvalue weighted by atomic mass is 16.7. The van der Waals surface area contributed by atoms with Gasteiger partial charge in [0.1, 0.15) is 11.2 Å². The lowest BCUT2D eigenvalue weighted by Gasteiger charge is -2.29. The minimum Gasteiger partial charge on any atom is -0.370 e. The summed E-state index contributed by atoms with van der Waals surface area (Å²) in [5.74, 6) is -0.768. The third-order valence-electron chi connectivity index (χ3n) is 7.38. The summed E-state index contributed by atoms with van der Waals surface area (Å²) in [5, 5.41) is 1.33. The molecule has 1 amide bonds. The third-order valence-corrected chi connectivity index (χ3v) is 7.38. The standard InChI is InChI=1S/C18H37NO.C16H23NO3/c1-2-3-4-5-6-7-8-9-10-11-12-13-14-15-16-17-18(19)20;1-5-11-16(13(2)18,15(19)20-17(3)4)12-14-9-7-6-8-10-14/h2-17H2,1H3,(H2,19,20);6-10H,5,11-12H2,1-4H3. The van der Waals surface area contributed by atoms with E-state index in [9.17, 15) is 14.4 Å². The molecule has 6 nitrogen and oxygen atoms in total. The SMILES string of the molecule is CCCC(Cc1ccccc1)(C(C)=O)C(=O)ON(C)C.CCCCCCCCCCCCCCCCCC(N)=O. The maximum absolute atomic E-state index is 12.4. The van der Waals surface area contributed by atoms with E-state index >= 15 is 0 Å². The third kappa shape index (κ3) is 19.0. The highest BCUT2D eigenvalue weighted by Crippen LogP contribution is 2.32. The molecule has 0 saturated heterocycles. The Bertz CT molecular complexity index is 781. The molecule has 2 N–H and O–H groups in total. The Kier molecular flexibility index (Phi) is 23.2. The van der Waals surface area contributed by atoms with E-state index in [0.717, 1.165) is 18.4 Å². The Morgan fingerprint density at radius 1 is 0.725 bits per heavy atom. The molecule has 0 aliphatic rings. The molecule has 6 heteroatoms. The van der Waals surface area contributed by atoms with Crippen LogP contribution in [0.2, 0.25) is 0 Å². The first-order valence-electron chi connectivity index (χ1n) is 15.9. The van der Waals surface area contributed by atoms with E-state index in [-0.39, 0.29) is 11.7 Å². The molecule has 1 atom stereocenters. The van der Waals surface area contributed by atoms with Gasteiger partial charge in [0.25, 0.3) is 0 Å². The van der Waals surface area contributed by atoms with Gasteiger partial charge in [0.15, 0.2) is 0 Å². The fraction of sp³-hybridized carbons (Fsp3) is 0.735. The first kappa shape index (κ1) is 37.8. The van der Waals surface area contributed by atoms with Crippen LogP contribution in [0.15, 0.2) is 30.3 Å². The number of nitrogens with zero attached hydrogens (tertiary/aromatic N) is 1. The van der Waals surface area contributed by atoms with Crippen LogP contribution in [0.3, 0.4) is 0 Å². The Morgan fingerprint density at radius 2 is 1.18 bits per heavy atom. The van der Waals surface area contributed by atoms with Crippen LogP contribution in [0.1, 0.15) is 142 Å². The number of hydrogen-bond donors (Lipinski definition) is 1. The van der Waals surface area contributed by atoms with E-state index in [1.54, 1.807) is 14.1 Å². The highest BCUT2D eigenvalue weighted by molar-refractivity contribution is 6.02. The van der Waals surface area contributed by atoms with Crippen molar-refractivity contribution in [2.75, 3.05) is 14.1 Å². The van der Waals surface area contributed by atoms with Crippen molar-refractivity contribution in [1.82, 2.24) is 5.06 Å². The molecule has 0 fully saturated rings. The number of primary amides is 1. The number of Topliss-reactive ketones (excluding diaryl/α,β-unsaturated/α-hetero) is 1. The smallest absolute Gasteiger partial charge is 0.338 e. The summed E-state index contributed by atoms with van der Waals surface area (Å²) in [6, 6.07) is 9.58. The van der Waals surface area contributed by atoms with Crippen LogP contribution in [-0.4, -0.2) is 36.8 Å². The van der Waals surface area contributed by atoms with Gasteiger partial charge in [0.2, 0.25) is 5.91 Å². The molecular formula is C34H60N2O4. The van der Waals surface area contributed by atoms with Crippen LogP contribution in [-0.2, 0) is 25.6 Å². The van der Waals surface area contributed by atoms with E-state index in [2.05, 4.69) is 6.92 Å². The number of hydroxylamine groups is 2. The van der Waals surface area contributed by atoms with Crippen molar-refractivity contribution in [3.8, 4) is 0 Å². The van der Waals surface area contributed by atoms with Crippen molar-refractivity contribution in [2.45, 2.75) is 143 Å². The van der Waals surface area contributed by atoms with Gasteiger partial charge in [-0.25, -0.2) is 4.79 Å². The molecule has 0 spiro atoms. The molecule has 230 valence electrons. The number of carbonyl (C=O) groups excluding carboxylic acids is 3. The number of ketones is 1. The fourth-order valence-electron chi connectivity index (χ4n) is 5.00. The second-order valence-electron chi connectivity index (χ2n) is 11.4. The average Bonchev–Trinajstić information content (AvgIpc) is 2.91. The molecule has 0 aliphatic carbocycles. The molecule has 1 aromatic rings. The first-order chi connectivity index (χ1) is 19.2. The van der Waals surface area contributed by atoms with Crippen LogP contribution < -0.4 is 5.73 Å². The Morgan fingerprint density at radius 3 is 1.55 bits per heavy atom. The number of hydrogen-bond acceptors (Lipinski definition) is 5. The van der Waals surface area contributed by atoms with Crippen molar-refractivity contribution in [1.29, 1.82) is 0 Å². The van der Waals surface area contributed by atoms with Crippen molar-refractivity contribution < 1.29 is 19.2 Å². The molecule has 0 aromatic heterocycles. The number of benzene rings is 1. The molecular weight excluding hydrogens is 500 g/mol. The first-order valence-corrected chi connectivity index (χ1v) is 15.9. The summed E-state index contributed by atoms with van der Waals surface area (Å²) in [6.07, 6.45) is 22.5. The number of carbonyl (C=O) groups is 3. The lowest BCUT2D eigenvalue weighted by molar-refractivity contribution is -0.192. The van der Waals surface area contributed by atoms with Gasteiger partial charge in [-0.1, -0.05) is 140 Å². The molecule has 0 radical (unpaired) electrons. The van der Waals surface area contributed by atoms with Crippen LogP contribution in [0.5, 0.6) is 0 Å². The quantitative estimate of drug-likeness (QED) is 0.0825. The van der Waals surface area contributed by atoms with Crippen molar-refractivity contribution in [3.63, 3.8) is 0 Å². The second kappa shape index (κ2) is 24.6. The number of amides is 1. The van der Waals surface area contributed by atoms with E-state index in [1.807, 2.05) is 37.3 Å². The highest BCUT2D eigenvalue weighted by Gasteiger charge is 2.44. The van der Waals surface area contributed by atoms with Gasteiger partial charge in [-0.3, -0.25) is 9.59 Å². The van der Waals surface area contributed by atoms with Gasteiger partial charge in [0, 0.05) is 20.5 Å². The zero-order valence-electron chi connectivity index (χ0n) is 26.5. The van der Waals surface area contributed by atoms with Gasteiger partial charge in [0.05, 0.1) is 0 Å². The Hall–Kier alpha value is -2.21. The largest absolute Gasteiger partial charge is 0.370 e. The minimum absolute atomic E-state index is 0.143. The van der Waals surface area contributed by atoms with Crippen LogP contribution in [0, 0.1) is 5.41 Å². The van der Waals surface area contributed by atoms with E-state index in [1.165, 1.54) is 102 Å². The molecule has 40 heavy (non-hydrogen) atoms. The number of nitrogens with two attached hydrogens (primary N) is 1. The number of rotatable bonds is 23. The van der Waals surface area contributed by atoms with Crippen LogP contribution in [0.25, 0.3) is 0 Å². The van der Waals surface area contributed by atoms with E-state index in [4.69, 9.17) is 10.6 Å². The summed E-state index contributed by atoms with van der Waals surface area (Å²) in [5.41, 5.74) is 4.98. The lowest BCUT2D eigenvalue weighted by atomic mass is 9.75. The Balaban J connectivity index is 0.000000760. The van der Waals surface area contributed by atoms with Gasteiger partial charge >= 0.3 is 5.97 Å². The normalized spacial score (nSPS) is 12.3.